The van der Waals surface area contributed by atoms with Gasteiger partial charge in [-0.2, -0.15) is 0 Å². The molecule has 1 heterocycles. The van der Waals surface area contributed by atoms with Crippen LogP contribution in [0, 0.1) is 0 Å². The molecule has 0 amide bonds. The molecule has 10 aromatic rings. The minimum atomic E-state index is 1.03. The average Bonchev–Trinajstić information content (AvgIpc) is 3.70. The van der Waals surface area contributed by atoms with E-state index in [1.165, 1.54) is 31.8 Å². The van der Waals surface area contributed by atoms with Gasteiger partial charge in [-0.25, -0.2) is 4.98 Å². The van der Waals surface area contributed by atoms with E-state index in [9.17, 15) is 0 Å². The van der Waals surface area contributed by atoms with E-state index in [1.807, 2.05) is 6.07 Å². The van der Waals surface area contributed by atoms with Gasteiger partial charge in [-0.15, -0.1) is 11.3 Å². The third-order valence-corrected chi connectivity index (χ3v) is 11.3. The summed E-state index contributed by atoms with van der Waals surface area (Å²) in [5.41, 5.74) is 11.1. The third kappa shape index (κ3) is 6.39. The lowest BCUT2D eigenvalue weighted by Gasteiger charge is -2.26. The number of anilines is 6. The van der Waals surface area contributed by atoms with Gasteiger partial charge in [-0.05, 0) is 130 Å². The van der Waals surface area contributed by atoms with Crippen molar-refractivity contribution >= 4 is 77.2 Å². The van der Waals surface area contributed by atoms with Crippen LogP contribution in [-0.2, 0) is 0 Å². The summed E-state index contributed by atoms with van der Waals surface area (Å²) in [6.07, 6.45) is 0. The van der Waals surface area contributed by atoms with Crippen LogP contribution < -0.4 is 9.80 Å². The molecule has 0 fully saturated rings. The van der Waals surface area contributed by atoms with Gasteiger partial charge >= 0.3 is 0 Å². The molecular formula is C51H35N3S. The van der Waals surface area contributed by atoms with Gasteiger partial charge in [0.25, 0.3) is 0 Å². The number of para-hydroxylation sites is 2. The molecule has 0 atom stereocenters. The highest BCUT2D eigenvalue weighted by atomic mass is 32.1. The molecule has 0 unspecified atom stereocenters. The number of nitrogens with zero attached hydrogens (tertiary/aromatic N) is 3. The maximum atomic E-state index is 4.91. The van der Waals surface area contributed by atoms with Crippen molar-refractivity contribution in [2.75, 3.05) is 9.80 Å². The molecule has 1 aromatic heterocycles. The number of benzene rings is 9. The van der Waals surface area contributed by atoms with Gasteiger partial charge in [-0.3, -0.25) is 0 Å². The lowest BCUT2D eigenvalue weighted by molar-refractivity contribution is 1.28. The molecule has 0 saturated heterocycles. The van der Waals surface area contributed by atoms with Crippen LogP contribution in [0.1, 0.15) is 0 Å². The smallest absolute Gasteiger partial charge is 0.124 e. The second kappa shape index (κ2) is 14.1. The zero-order chi connectivity index (χ0) is 36.6. The monoisotopic (exact) mass is 721 g/mol. The van der Waals surface area contributed by atoms with Crippen molar-refractivity contribution < 1.29 is 0 Å². The number of hydrogen-bond acceptors (Lipinski definition) is 4. The van der Waals surface area contributed by atoms with Gasteiger partial charge in [0.2, 0.25) is 0 Å². The molecule has 0 aliphatic rings. The quantitative estimate of drug-likeness (QED) is 0.156. The number of aromatic nitrogens is 1. The number of fused-ring (bicyclic) bond motifs is 3. The molecule has 0 saturated carbocycles. The van der Waals surface area contributed by atoms with E-state index in [4.69, 9.17) is 4.98 Å². The van der Waals surface area contributed by atoms with E-state index in [2.05, 4.69) is 216 Å². The van der Waals surface area contributed by atoms with Crippen molar-refractivity contribution in [3.05, 3.63) is 212 Å². The van der Waals surface area contributed by atoms with E-state index in [0.29, 0.717) is 0 Å². The van der Waals surface area contributed by atoms with Crippen molar-refractivity contribution in [1.82, 2.24) is 4.98 Å². The molecule has 10 rings (SSSR count). The van der Waals surface area contributed by atoms with Gasteiger partial charge in [0.05, 0.1) is 10.2 Å². The zero-order valence-electron chi connectivity index (χ0n) is 30.0. The minimum absolute atomic E-state index is 1.03. The van der Waals surface area contributed by atoms with Crippen LogP contribution in [0.25, 0.3) is 53.5 Å². The second-order valence-electron chi connectivity index (χ2n) is 13.7. The first-order chi connectivity index (χ1) is 27.2. The summed E-state index contributed by atoms with van der Waals surface area (Å²) in [7, 11) is 0. The highest BCUT2D eigenvalue weighted by Gasteiger charge is 2.16. The van der Waals surface area contributed by atoms with Gasteiger partial charge in [0.15, 0.2) is 0 Å². The van der Waals surface area contributed by atoms with Gasteiger partial charge in [-0.1, -0.05) is 115 Å². The summed E-state index contributed by atoms with van der Waals surface area (Å²) < 4.78 is 1.20. The van der Waals surface area contributed by atoms with Crippen molar-refractivity contribution in [3.63, 3.8) is 0 Å². The highest BCUT2D eigenvalue weighted by molar-refractivity contribution is 7.21. The van der Waals surface area contributed by atoms with E-state index in [-0.39, 0.29) is 0 Å². The van der Waals surface area contributed by atoms with Crippen molar-refractivity contribution in [2.45, 2.75) is 0 Å². The summed E-state index contributed by atoms with van der Waals surface area (Å²) in [4.78, 5) is 9.56. The molecule has 9 aromatic carbocycles. The molecule has 0 aliphatic heterocycles. The lowest BCUT2D eigenvalue weighted by Crippen LogP contribution is -2.10. The Morgan fingerprint density at radius 1 is 0.309 bits per heavy atom. The minimum Gasteiger partial charge on any atom is -0.310 e. The van der Waals surface area contributed by atoms with Crippen LogP contribution >= 0.6 is 11.3 Å². The molecule has 0 bridgehead atoms. The molecule has 260 valence electrons. The maximum absolute atomic E-state index is 4.91. The Morgan fingerprint density at radius 3 is 1.22 bits per heavy atom. The average molecular weight is 722 g/mol. The van der Waals surface area contributed by atoms with Gasteiger partial charge < -0.3 is 9.80 Å². The van der Waals surface area contributed by atoms with Crippen LogP contribution in [0.3, 0.4) is 0 Å². The Bertz CT molecular complexity index is 2880. The predicted octanol–water partition coefficient (Wildman–Crippen LogP) is 14.9. The summed E-state index contributed by atoms with van der Waals surface area (Å²) in [6, 6.07) is 75.9. The van der Waals surface area contributed by atoms with Gasteiger partial charge in [0.1, 0.15) is 5.01 Å². The topological polar surface area (TPSA) is 19.4 Å². The van der Waals surface area contributed by atoms with Crippen LogP contribution in [-0.4, -0.2) is 4.98 Å². The summed E-state index contributed by atoms with van der Waals surface area (Å²) in [5.74, 6) is 0. The molecule has 0 radical (unpaired) electrons. The Morgan fingerprint density at radius 2 is 0.709 bits per heavy atom. The molecule has 0 aliphatic carbocycles. The van der Waals surface area contributed by atoms with E-state index >= 15 is 0 Å². The number of thiazole rings is 1. The number of hydrogen-bond donors (Lipinski definition) is 0. The summed E-state index contributed by atoms with van der Waals surface area (Å²) in [5, 5.41) is 5.92. The van der Waals surface area contributed by atoms with Crippen molar-refractivity contribution in [3.8, 4) is 21.7 Å². The first-order valence-corrected chi connectivity index (χ1v) is 19.3. The largest absolute Gasteiger partial charge is 0.310 e. The normalized spacial score (nSPS) is 11.3. The fourth-order valence-electron chi connectivity index (χ4n) is 7.46. The van der Waals surface area contributed by atoms with Gasteiger partial charge in [0, 0.05) is 39.7 Å². The number of rotatable bonds is 8. The standard InChI is InChI=1S/C51H35N3S/c1-2-14-43(15-3-1)53(47-32-22-36-10-4-6-12-41(36)34-47)44-26-18-38(19-27-44)39-20-28-45(29-21-39)54(48-33-23-37-11-5-7-13-42(37)35-48)46-30-24-40(25-31-46)51-52-49-16-8-9-17-50(49)55-51/h1-35H. The van der Waals surface area contributed by atoms with Crippen LogP contribution in [0.2, 0.25) is 0 Å². The Balaban J connectivity index is 0.983. The molecule has 3 nitrogen and oxygen atoms in total. The second-order valence-corrected chi connectivity index (χ2v) is 14.7. The molecule has 4 heteroatoms. The first-order valence-electron chi connectivity index (χ1n) is 18.5. The Kier molecular flexibility index (Phi) is 8.36. The van der Waals surface area contributed by atoms with E-state index < -0.39 is 0 Å². The highest BCUT2D eigenvalue weighted by Crippen LogP contribution is 2.40. The lowest BCUT2D eigenvalue weighted by atomic mass is 10.0. The zero-order valence-corrected chi connectivity index (χ0v) is 30.8. The summed E-state index contributed by atoms with van der Waals surface area (Å²) in [6.45, 7) is 0. The maximum Gasteiger partial charge on any atom is 0.124 e. The molecule has 55 heavy (non-hydrogen) atoms. The van der Waals surface area contributed by atoms with Crippen LogP contribution in [0.15, 0.2) is 212 Å². The SMILES string of the molecule is c1ccc(N(c2ccc(-c3ccc(N(c4ccc(-c5nc6ccccc6s5)cc4)c4ccc5ccccc5c4)cc3)cc2)c2ccc3ccccc3c2)cc1. The van der Waals surface area contributed by atoms with E-state index in [1.54, 1.807) is 11.3 Å². The fraction of sp³-hybridized carbons (Fsp3) is 0. The van der Waals surface area contributed by atoms with Crippen LogP contribution in [0.5, 0.6) is 0 Å². The molecule has 0 spiro atoms. The van der Waals surface area contributed by atoms with Crippen LogP contribution in [0.4, 0.5) is 34.1 Å². The van der Waals surface area contributed by atoms with Crippen molar-refractivity contribution in [1.29, 1.82) is 0 Å². The fourth-order valence-corrected chi connectivity index (χ4v) is 8.43. The predicted molar refractivity (Wildman–Crippen MR) is 235 cm³/mol. The first kappa shape index (κ1) is 32.6. The molecular weight excluding hydrogens is 687 g/mol. The third-order valence-electron chi connectivity index (χ3n) is 10.2. The molecule has 0 N–H and O–H groups in total. The Hall–Kier alpha value is -7.01. The Labute approximate surface area is 324 Å². The summed E-state index contributed by atoms with van der Waals surface area (Å²) >= 11 is 1.73. The van der Waals surface area contributed by atoms with E-state index in [0.717, 1.165) is 55.8 Å². The van der Waals surface area contributed by atoms with Crippen molar-refractivity contribution in [2.24, 2.45) is 0 Å².